The van der Waals surface area contributed by atoms with Crippen molar-refractivity contribution >= 4 is 5.97 Å². The number of carbonyl (C=O) groups is 1. The molecule has 202 valence electrons. The topological polar surface area (TPSA) is 107 Å². The minimum atomic E-state index is -0.867. The zero-order chi connectivity index (χ0) is 25.9. The molecule has 1 heterocycles. The molecule has 6 heteroatoms. The molecule has 0 aromatic heterocycles. The Balaban J connectivity index is 1.56. The number of aliphatic hydroxyl groups is 4. The van der Waals surface area contributed by atoms with Gasteiger partial charge >= 0.3 is 5.97 Å². The van der Waals surface area contributed by atoms with Gasteiger partial charge in [-0.25, -0.2) is 0 Å². The third kappa shape index (κ3) is 4.38. The summed E-state index contributed by atoms with van der Waals surface area (Å²) in [5.41, 5.74) is -0.348. The summed E-state index contributed by atoms with van der Waals surface area (Å²) in [5.74, 6) is 1.01. The van der Waals surface area contributed by atoms with Crippen molar-refractivity contribution in [1.29, 1.82) is 0 Å². The highest BCUT2D eigenvalue weighted by molar-refractivity contribution is 5.74. The first-order valence-corrected chi connectivity index (χ1v) is 14.3. The van der Waals surface area contributed by atoms with Gasteiger partial charge in [0.1, 0.15) is 0 Å². The number of esters is 1. The second kappa shape index (κ2) is 9.89. The fourth-order valence-electron chi connectivity index (χ4n) is 9.26. The lowest BCUT2D eigenvalue weighted by molar-refractivity contribution is -0.162. The van der Waals surface area contributed by atoms with Crippen LogP contribution in [0.25, 0.3) is 0 Å². The lowest BCUT2D eigenvalue weighted by Gasteiger charge is -2.56. The maximum atomic E-state index is 13.0. The highest BCUT2D eigenvalue weighted by Crippen LogP contribution is 2.66. The normalized spacial score (nSPS) is 47.8. The van der Waals surface area contributed by atoms with Crippen molar-refractivity contribution < 1.29 is 30.0 Å². The summed E-state index contributed by atoms with van der Waals surface area (Å²) in [7, 11) is 0. The van der Waals surface area contributed by atoms with Crippen LogP contribution in [0.4, 0.5) is 0 Å². The number of cyclic esters (lactones) is 1. The van der Waals surface area contributed by atoms with E-state index in [0.29, 0.717) is 30.8 Å². The van der Waals surface area contributed by atoms with E-state index >= 15 is 0 Å². The zero-order valence-corrected chi connectivity index (χ0v) is 22.7. The number of hydrogen-bond acceptors (Lipinski definition) is 6. The van der Waals surface area contributed by atoms with Gasteiger partial charge in [-0.1, -0.05) is 48.0 Å². The van der Waals surface area contributed by atoms with Crippen molar-refractivity contribution in [1.82, 2.24) is 0 Å². The van der Waals surface area contributed by atoms with E-state index in [1.54, 1.807) is 0 Å². The molecule has 14 atom stereocenters. The number of hydrogen-bond donors (Lipinski definition) is 4. The van der Waals surface area contributed by atoms with Crippen LogP contribution >= 0.6 is 0 Å². The first kappa shape index (κ1) is 27.3. The summed E-state index contributed by atoms with van der Waals surface area (Å²) < 4.78 is 5.87. The molecule has 0 bridgehead atoms. The Morgan fingerprint density at radius 3 is 2.29 bits per heavy atom. The molecular weight excluding hydrogens is 444 g/mol. The van der Waals surface area contributed by atoms with Gasteiger partial charge in [0.2, 0.25) is 0 Å². The van der Waals surface area contributed by atoms with Crippen molar-refractivity contribution in [2.45, 2.75) is 111 Å². The fraction of sp³-hybridized carbons (Fsp3) is 0.966. The molecule has 3 aliphatic carbocycles. The molecule has 0 spiro atoms. The van der Waals surface area contributed by atoms with E-state index in [9.17, 15) is 25.2 Å². The van der Waals surface area contributed by atoms with Crippen molar-refractivity contribution in [2.24, 2.45) is 58.2 Å². The standard InChI is InChI=1S/C29H50O6/c1-7-15(2)16(3)25(32)26(33)17(4)19-8-9-20-18-14-35-27(34)22-12-23(30)24(31)13-29(22,6)21(18)10-11-28(19,20)5/h15-26,30-33H,7-14H2,1-6H3. The molecule has 4 fully saturated rings. The molecule has 0 amide bonds. The number of fused-ring (bicyclic) bond motifs is 5. The van der Waals surface area contributed by atoms with Crippen molar-refractivity contribution in [2.75, 3.05) is 6.61 Å². The molecule has 0 radical (unpaired) electrons. The Hall–Kier alpha value is -0.690. The molecule has 3 saturated carbocycles. The average molecular weight is 495 g/mol. The lowest BCUT2D eigenvalue weighted by Crippen LogP contribution is -2.55. The average Bonchev–Trinajstić information content (AvgIpc) is 3.14. The SMILES string of the molecule is CCC(C)C(C)C(O)C(O)C(C)C1CCC2C3COC(=O)C4CC(O)C(O)CC4(C)C3CCC12C. The predicted octanol–water partition coefficient (Wildman–Crippen LogP) is 3.78. The van der Waals surface area contributed by atoms with Gasteiger partial charge in [-0.15, -0.1) is 0 Å². The highest BCUT2D eigenvalue weighted by Gasteiger charge is 2.63. The maximum absolute atomic E-state index is 13.0. The largest absolute Gasteiger partial charge is 0.465 e. The predicted molar refractivity (Wildman–Crippen MR) is 134 cm³/mol. The number of ether oxygens (including phenoxy) is 1. The van der Waals surface area contributed by atoms with Crippen LogP contribution in [0.1, 0.15) is 86.5 Å². The molecule has 1 saturated heterocycles. The fourth-order valence-corrected chi connectivity index (χ4v) is 9.26. The molecule has 4 aliphatic rings. The zero-order valence-electron chi connectivity index (χ0n) is 22.7. The van der Waals surface area contributed by atoms with Crippen LogP contribution in [-0.4, -0.2) is 57.4 Å². The second-order valence-electron chi connectivity index (χ2n) is 13.5. The molecule has 4 N–H and O–H groups in total. The van der Waals surface area contributed by atoms with E-state index in [1.807, 2.05) is 6.92 Å². The van der Waals surface area contributed by atoms with E-state index < -0.39 is 24.4 Å². The quantitative estimate of drug-likeness (QED) is 0.419. The van der Waals surface area contributed by atoms with Crippen molar-refractivity contribution in [3.05, 3.63) is 0 Å². The molecule has 1 aliphatic heterocycles. The van der Waals surface area contributed by atoms with E-state index in [4.69, 9.17) is 4.74 Å². The van der Waals surface area contributed by atoms with Gasteiger partial charge in [0.05, 0.1) is 36.9 Å². The Bertz CT molecular complexity index is 772. The molecule has 14 unspecified atom stereocenters. The van der Waals surface area contributed by atoms with Crippen molar-refractivity contribution in [3.8, 4) is 0 Å². The summed E-state index contributed by atoms with van der Waals surface area (Å²) in [6, 6.07) is 0. The lowest BCUT2D eigenvalue weighted by atomic mass is 9.48. The molecule has 6 nitrogen and oxygen atoms in total. The minimum absolute atomic E-state index is 0.00799. The molecular formula is C29H50O6. The number of rotatable bonds is 6. The van der Waals surface area contributed by atoms with Crippen LogP contribution in [0.2, 0.25) is 0 Å². The number of aliphatic hydroxyl groups excluding tert-OH is 4. The van der Waals surface area contributed by atoms with Crippen LogP contribution in [0.5, 0.6) is 0 Å². The van der Waals surface area contributed by atoms with Gasteiger partial charge < -0.3 is 25.2 Å². The minimum Gasteiger partial charge on any atom is -0.465 e. The van der Waals surface area contributed by atoms with E-state index in [1.165, 1.54) is 0 Å². The smallest absolute Gasteiger partial charge is 0.309 e. The molecule has 0 aromatic rings. The summed E-state index contributed by atoms with van der Waals surface area (Å²) >= 11 is 0. The Morgan fingerprint density at radius 2 is 1.63 bits per heavy atom. The second-order valence-corrected chi connectivity index (χ2v) is 13.5. The molecule has 4 rings (SSSR count). The van der Waals surface area contributed by atoms with Crippen LogP contribution in [0.3, 0.4) is 0 Å². The summed E-state index contributed by atoms with van der Waals surface area (Å²) in [6.07, 6.45) is 2.61. The maximum Gasteiger partial charge on any atom is 0.309 e. The van der Waals surface area contributed by atoms with Crippen molar-refractivity contribution in [3.63, 3.8) is 0 Å². The Morgan fingerprint density at radius 1 is 0.971 bits per heavy atom. The molecule has 35 heavy (non-hydrogen) atoms. The van der Waals surface area contributed by atoms with Crippen LogP contribution < -0.4 is 0 Å². The molecule has 0 aromatic carbocycles. The summed E-state index contributed by atoms with van der Waals surface area (Å²) in [6.45, 7) is 13.4. The monoisotopic (exact) mass is 494 g/mol. The summed E-state index contributed by atoms with van der Waals surface area (Å²) in [4.78, 5) is 13.0. The van der Waals surface area contributed by atoms with Gasteiger partial charge in [0.25, 0.3) is 0 Å². The van der Waals surface area contributed by atoms with E-state index in [-0.39, 0.29) is 52.8 Å². The van der Waals surface area contributed by atoms with E-state index in [2.05, 4.69) is 34.6 Å². The highest BCUT2D eigenvalue weighted by atomic mass is 16.5. The Kier molecular flexibility index (Phi) is 7.72. The van der Waals surface area contributed by atoms with Crippen LogP contribution in [-0.2, 0) is 9.53 Å². The number of carbonyl (C=O) groups excluding carboxylic acids is 1. The van der Waals surface area contributed by atoms with Gasteiger partial charge in [-0.2, -0.15) is 0 Å². The van der Waals surface area contributed by atoms with Crippen LogP contribution in [0.15, 0.2) is 0 Å². The van der Waals surface area contributed by atoms with Gasteiger partial charge in [-0.05, 0) is 90.8 Å². The first-order chi connectivity index (χ1) is 16.4. The van der Waals surface area contributed by atoms with Crippen LogP contribution in [0, 0.1) is 58.2 Å². The Labute approximate surface area is 211 Å². The van der Waals surface area contributed by atoms with E-state index in [0.717, 1.165) is 32.1 Å². The summed E-state index contributed by atoms with van der Waals surface area (Å²) in [5, 5.41) is 43.1. The van der Waals surface area contributed by atoms with Gasteiger partial charge in [0.15, 0.2) is 0 Å². The van der Waals surface area contributed by atoms with Gasteiger partial charge in [0, 0.05) is 0 Å². The van der Waals surface area contributed by atoms with Gasteiger partial charge in [-0.3, -0.25) is 4.79 Å². The third-order valence-corrected chi connectivity index (χ3v) is 12.0. The first-order valence-electron chi connectivity index (χ1n) is 14.3. The third-order valence-electron chi connectivity index (χ3n) is 12.0.